The van der Waals surface area contributed by atoms with Crippen molar-refractivity contribution in [2.75, 3.05) is 6.61 Å². The summed E-state index contributed by atoms with van der Waals surface area (Å²) in [5, 5.41) is 9.98. The zero-order chi connectivity index (χ0) is 11.8. The number of carbonyl (C=O) groups is 1. The van der Waals surface area contributed by atoms with Crippen LogP contribution in [0.4, 0.5) is 0 Å². The normalized spacial score (nSPS) is 26.7. The van der Waals surface area contributed by atoms with E-state index in [4.69, 9.17) is 13.9 Å². The molecule has 0 spiro atoms. The lowest BCUT2D eigenvalue weighted by Gasteiger charge is -2.36. The second-order valence-corrected chi connectivity index (χ2v) is 4.19. The number of ether oxygens (including phenoxy) is 2. The minimum Gasteiger partial charge on any atom is -0.472 e. The number of hydrogen-bond donors (Lipinski definition) is 1. The molecule has 2 heterocycles. The molecule has 0 saturated carbocycles. The Kier molecular flexibility index (Phi) is 2.84. The van der Waals surface area contributed by atoms with Gasteiger partial charge in [-0.05, 0) is 19.9 Å². The molecule has 1 fully saturated rings. The summed E-state index contributed by atoms with van der Waals surface area (Å²) in [5.74, 6) is -1.13. The van der Waals surface area contributed by atoms with Crippen molar-refractivity contribution in [2.45, 2.75) is 31.8 Å². The van der Waals surface area contributed by atoms with Crippen molar-refractivity contribution >= 4 is 5.78 Å². The lowest BCUT2D eigenvalue weighted by atomic mass is 10.0. The Hall–Kier alpha value is -1.17. The van der Waals surface area contributed by atoms with Gasteiger partial charge < -0.3 is 19.0 Å². The van der Waals surface area contributed by atoms with E-state index in [-0.39, 0.29) is 12.4 Å². The van der Waals surface area contributed by atoms with Crippen LogP contribution in [0.15, 0.2) is 23.0 Å². The molecule has 1 aromatic heterocycles. The molecule has 2 rings (SSSR count). The maximum atomic E-state index is 11.6. The summed E-state index contributed by atoms with van der Waals surface area (Å²) in [6.07, 6.45) is 0.910. The van der Waals surface area contributed by atoms with Crippen molar-refractivity contribution in [1.82, 2.24) is 0 Å². The highest BCUT2D eigenvalue weighted by Gasteiger charge is 2.40. The van der Waals surface area contributed by atoms with Crippen molar-refractivity contribution in [3.05, 3.63) is 24.2 Å². The fourth-order valence-electron chi connectivity index (χ4n) is 1.59. The van der Waals surface area contributed by atoms with Crippen molar-refractivity contribution in [1.29, 1.82) is 0 Å². The molecule has 16 heavy (non-hydrogen) atoms. The van der Waals surface area contributed by atoms with Crippen LogP contribution in [0, 0.1) is 0 Å². The molecule has 1 saturated heterocycles. The molecule has 1 aromatic rings. The van der Waals surface area contributed by atoms with Crippen LogP contribution in [0.25, 0.3) is 0 Å². The van der Waals surface area contributed by atoms with Gasteiger partial charge in [0, 0.05) is 5.56 Å². The quantitative estimate of drug-likeness (QED) is 0.815. The summed E-state index contributed by atoms with van der Waals surface area (Å²) in [6, 6.07) is 1.60. The first-order chi connectivity index (χ1) is 7.49. The van der Waals surface area contributed by atoms with Gasteiger partial charge in [-0.25, -0.2) is 0 Å². The molecule has 0 radical (unpaired) electrons. The first-order valence-electron chi connectivity index (χ1n) is 5.04. The highest BCUT2D eigenvalue weighted by molar-refractivity contribution is 5.85. The lowest BCUT2D eigenvalue weighted by molar-refractivity contribution is -0.271. The van der Waals surface area contributed by atoms with Gasteiger partial charge in [0.2, 0.25) is 0 Å². The van der Waals surface area contributed by atoms with Crippen LogP contribution in [0.5, 0.6) is 0 Å². The summed E-state index contributed by atoms with van der Waals surface area (Å²) in [7, 11) is 0. The standard InChI is InChI=1S/C11H14O5/c1-11(2)15-6-8(12)10(16-11)9(13)7-3-4-14-5-7/h3-5,9-10,13H,6H2,1-2H3/t9-,10+/m0/s1. The zero-order valence-electron chi connectivity index (χ0n) is 9.17. The molecule has 0 bridgehead atoms. The number of hydrogen-bond acceptors (Lipinski definition) is 5. The third-order valence-electron chi connectivity index (χ3n) is 2.46. The molecule has 88 valence electrons. The largest absolute Gasteiger partial charge is 0.472 e. The molecule has 0 unspecified atom stereocenters. The van der Waals surface area contributed by atoms with Gasteiger partial charge in [0.1, 0.15) is 12.7 Å². The first kappa shape index (κ1) is 11.3. The molecule has 2 atom stereocenters. The fraction of sp³-hybridized carbons (Fsp3) is 0.545. The second-order valence-electron chi connectivity index (χ2n) is 4.19. The van der Waals surface area contributed by atoms with Crippen LogP contribution in [-0.2, 0) is 14.3 Å². The first-order valence-corrected chi connectivity index (χ1v) is 5.04. The van der Waals surface area contributed by atoms with Crippen LogP contribution in [0.2, 0.25) is 0 Å². The van der Waals surface area contributed by atoms with Gasteiger partial charge in [-0.15, -0.1) is 0 Å². The van der Waals surface area contributed by atoms with Crippen molar-refractivity contribution in [3.63, 3.8) is 0 Å². The molecule has 1 N–H and O–H groups in total. The molecular weight excluding hydrogens is 212 g/mol. The molecule has 0 aliphatic carbocycles. The van der Waals surface area contributed by atoms with Gasteiger partial charge in [0.25, 0.3) is 0 Å². The van der Waals surface area contributed by atoms with Crippen LogP contribution < -0.4 is 0 Å². The van der Waals surface area contributed by atoms with E-state index in [1.54, 1.807) is 19.9 Å². The summed E-state index contributed by atoms with van der Waals surface area (Å²) in [4.78, 5) is 11.6. The number of carbonyl (C=O) groups excluding carboxylic acids is 1. The molecule has 0 amide bonds. The van der Waals surface area contributed by atoms with Crippen LogP contribution in [-0.4, -0.2) is 29.4 Å². The topological polar surface area (TPSA) is 68.9 Å². The summed E-state index contributed by atoms with van der Waals surface area (Å²) >= 11 is 0. The number of aliphatic hydroxyl groups excluding tert-OH is 1. The summed E-state index contributed by atoms with van der Waals surface area (Å²) in [6.45, 7) is 3.36. The van der Waals surface area contributed by atoms with E-state index < -0.39 is 18.0 Å². The van der Waals surface area contributed by atoms with Gasteiger partial charge in [-0.3, -0.25) is 4.79 Å². The maximum absolute atomic E-state index is 11.6. The van der Waals surface area contributed by atoms with Crippen molar-refractivity contribution in [2.24, 2.45) is 0 Å². The van der Waals surface area contributed by atoms with E-state index in [1.807, 2.05) is 0 Å². The monoisotopic (exact) mass is 226 g/mol. The van der Waals surface area contributed by atoms with E-state index in [0.29, 0.717) is 5.56 Å². The van der Waals surface area contributed by atoms with E-state index in [9.17, 15) is 9.90 Å². The Morgan fingerprint density at radius 2 is 2.31 bits per heavy atom. The summed E-state index contributed by atoms with van der Waals surface area (Å²) < 4.78 is 15.4. The van der Waals surface area contributed by atoms with E-state index in [0.717, 1.165) is 0 Å². The highest BCUT2D eigenvalue weighted by atomic mass is 16.7. The number of furan rings is 1. The smallest absolute Gasteiger partial charge is 0.190 e. The number of aliphatic hydroxyl groups is 1. The highest BCUT2D eigenvalue weighted by Crippen LogP contribution is 2.28. The van der Waals surface area contributed by atoms with Gasteiger partial charge in [-0.2, -0.15) is 0 Å². The maximum Gasteiger partial charge on any atom is 0.190 e. The van der Waals surface area contributed by atoms with Crippen LogP contribution >= 0.6 is 0 Å². The van der Waals surface area contributed by atoms with Gasteiger partial charge in [-0.1, -0.05) is 0 Å². The van der Waals surface area contributed by atoms with Gasteiger partial charge >= 0.3 is 0 Å². The average Bonchev–Trinajstić information content (AvgIpc) is 2.74. The Morgan fingerprint density at radius 1 is 1.56 bits per heavy atom. The predicted octanol–water partition coefficient (Wildman–Crippen LogP) is 1.03. The fourth-order valence-corrected chi connectivity index (χ4v) is 1.59. The second kappa shape index (κ2) is 4.01. The van der Waals surface area contributed by atoms with Crippen LogP contribution in [0.1, 0.15) is 25.5 Å². The molecule has 1 aliphatic rings. The minimum atomic E-state index is -1.02. The summed E-state index contributed by atoms with van der Waals surface area (Å²) in [5.41, 5.74) is 0.524. The van der Waals surface area contributed by atoms with E-state index >= 15 is 0 Å². The van der Waals surface area contributed by atoms with Gasteiger partial charge in [0.05, 0.1) is 12.5 Å². The van der Waals surface area contributed by atoms with Crippen LogP contribution in [0.3, 0.4) is 0 Å². The molecule has 5 nitrogen and oxygen atoms in total. The molecular formula is C11H14O5. The van der Waals surface area contributed by atoms with E-state index in [2.05, 4.69) is 0 Å². The SMILES string of the molecule is CC1(C)OCC(=O)[C@H]([C@@H](O)c2ccoc2)O1. The molecule has 1 aliphatic heterocycles. The third kappa shape index (κ3) is 2.16. The van der Waals surface area contributed by atoms with Crippen molar-refractivity contribution < 1.29 is 23.8 Å². The van der Waals surface area contributed by atoms with E-state index in [1.165, 1.54) is 12.5 Å². The number of Topliss-reactive ketones (excluding diaryl/α,β-unsaturated/α-hetero) is 1. The number of rotatable bonds is 2. The zero-order valence-corrected chi connectivity index (χ0v) is 9.17. The average molecular weight is 226 g/mol. The third-order valence-corrected chi connectivity index (χ3v) is 2.46. The van der Waals surface area contributed by atoms with Crippen molar-refractivity contribution in [3.8, 4) is 0 Å². The molecule has 5 heteroatoms. The Balaban J connectivity index is 2.16. The minimum absolute atomic E-state index is 0.0490. The Labute approximate surface area is 93.0 Å². The molecule has 0 aromatic carbocycles. The lowest BCUT2D eigenvalue weighted by Crippen LogP contribution is -2.48. The van der Waals surface area contributed by atoms with Gasteiger partial charge in [0.15, 0.2) is 17.7 Å². The Morgan fingerprint density at radius 3 is 2.94 bits per heavy atom. The number of ketones is 1. The predicted molar refractivity (Wildman–Crippen MR) is 53.6 cm³/mol. The Bertz CT molecular complexity index is 368.